The van der Waals surface area contributed by atoms with E-state index in [4.69, 9.17) is 71.2 Å². The highest BCUT2D eigenvalue weighted by Gasteiger charge is 2.52. The summed E-state index contributed by atoms with van der Waals surface area (Å²) >= 11 is 0. The molecule has 11 unspecified atom stereocenters. The molecule has 264 valence electrons. The molecule has 2 aliphatic heterocycles. The van der Waals surface area contributed by atoms with Crippen molar-refractivity contribution in [3.05, 3.63) is 0 Å². The summed E-state index contributed by atoms with van der Waals surface area (Å²) in [5.74, 6) is 0. The lowest BCUT2D eigenvalue weighted by Crippen LogP contribution is -2.69. The first kappa shape index (κ1) is 41.2. The van der Waals surface area contributed by atoms with Crippen LogP contribution in [0.4, 0.5) is 0 Å². The van der Waals surface area contributed by atoms with Crippen molar-refractivity contribution < 1.29 is 84.6 Å². The second kappa shape index (κ2) is 16.3. The first-order valence-electron chi connectivity index (χ1n) is 12.8. The highest BCUT2D eigenvalue weighted by Crippen LogP contribution is 2.32. The maximum atomic E-state index is 11.1. The average molecular weight is 693 g/mol. The van der Waals surface area contributed by atoms with E-state index in [0.717, 1.165) is 0 Å². The molecule has 0 spiro atoms. The van der Waals surface area contributed by atoms with E-state index in [9.17, 15) is 30.6 Å². The molecule has 1 aliphatic carbocycles. The van der Waals surface area contributed by atoms with Gasteiger partial charge in [-0.15, -0.1) is 0 Å². The van der Waals surface area contributed by atoms with Crippen LogP contribution in [0.2, 0.25) is 0 Å². The summed E-state index contributed by atoms with van der Waals surface area (Å²) in [5.41, 5.74) is 17.0. The molecule has 0 aromatic heterocycles. The molecular weight excluding hydrogens is 648 g/mol. The van der Waals surface area contributed by atoms with Crippen LogP contribution in [0.15, 0.2) is 0 Å². The van der Waals surface area contributed by atoms with Gasteiger partial charge in [-0.1, -0.05) is 0 Å². The number of rotatable bonds is 6. The van der Waals surface area contributed by atoms with E-state index in [0.29, 0.717) is 0 Å². The summed E-state index contributed by atoms with van der Waals surface area (Å²) in [6, 6.07) is -3.47. The second-order valence-corrected chi connectivity index (χ2v) is 12.5. The largest absolute Gasteiger partial charge is 0.394 e. The van der Waals surface area contributed by atoms with Gasteiger partial charge in [-0.25, -0.2) is 0 Å². The Hall–Kier alpha value is -0.820. The van der Waals surface area contributed by atoms with Crippen molar-refractivity contribution in [2.75, 3.05) is 13.7 Å². The molecule has 2 saturated heterocycles. The molecule has 1 saturated carbocycles. The third-order valence-corrected chi connectivity index (χ3v) is 6.95. The van der Waals surface area contributed by atoms with Crippen LogP contribution in [0.25, 0.3) is 0 Å². The molecule has 22 nitrogen and oxygen atoms in total. The molecule has 44 heavy (non-hydrogen) atoms. The van der Waals surface area contributed by atoms with Gasteiger partial charge in [0, 0.05) is 12.1 Å². The predicted molar refractivity (Wildman–Crippen MR) is 144 cm³/mol. The number of aliphatic hydroxyl groups excluding tert-OH is 5. The lowest BCUT2D eigenvalue weighted by atomic mass is 9.84. The molecule has 0 aromatic carbocycles. The fraction of sp³-hybridized carbons (Fsp3) is 1.00. The SMILES string of the molecule is CNC1C(O)[C@H](OC2C(N)CC(N)C(O[C@@H]3O[C@@H](C(C)O)C(O)C(O)C3N)C2O)OC[C@]1(C)O.O=S(=O)(O)O.O=S(=O)(O)O. The normalized spacial score (nSPS) is 44.0. The van der Waals surface area contributed by atoms with Gasteiger partial charge in [-0.2, -0.15) is 16.8 Å². The maximum absolute atomic E-state index is 11.1. The number of hydrogen-bond acceptors (Lipinski definition) is 18. The minimum atomic E-state index is -4.67. The van der Waals surface area contributed by atoms with Gasteiger partial charge in [0.25, 0.3) is 0 Å². The summed E-state index contributed by atoms with van der Waals surface area (Å²) in [6.07, 6.45) is -12.4. The van der Waals surface area contributed by atoms with E-state index in [-0.39, 0.29) is 13.0 Å². The molecule has 0 aromatic rings. The third kappa shape index (κ3) is 12.4. The zero-order valence-corrected chi connectivity index (χ0v) is 25.4. The number of aliphatic hydroxyl groups is 6. The fourth-order valence-electron chi connectivity index (χ4n) is 4.95. The van der Waals surface area contributed by atoms with Crippen molar-refractivity contribution in [1.82, 2.24) is 5.32 Å². The lowest BCUT2D eigenvalue weighted by Gasteiger charge is -2.49. The summed E-state index contributed by atoms with van der Waals surface area (Å²) < 4.78 is 85.9. The lowest BCUT2D eigenvalue weighted by molar-refractivity contribution is -0.319. The van der Waals surface area contributed by atoms with Crippen molar-refractivity contribution >= 4 is 20.8 Å². The van der Waals surface area contributed by atoms with Gasteiger partial charge in [0.15, 0.2) is 12.6 Å². The number of hydrogen-bond donors (Lipinski definition) is 14. The van der Waals surface area contributed by atoms with Crippen LogP contribution >= 0.6 is 0 Å². The highest BCUT2D eigenvalue weighted by atomic mass is 32.3. The Bertz CT molecular complexity index is 1050. The molecule has 0 amide bonds. The van der Waals surface area contributed by atoms with Gasteiger partial charge >= 0.3 is 20.8 Å². The van der Waals surface area contributed by atoms with Crippen LogP contribution in [0.1, 0.15) is 20.3 Å². The Kier molecular flexibility index (Phi) is 15.3. The Balaban J connectivity index is 0.000000837. The highest BCUT2D eigenvalue weighted by molar-refractivity contribution is 7.80. The summed E-state index contributed by atoms with van der Waals surface area (Å²) in [4.78, 5) is 0. The summed E-state index contributed by atoms with van der Waals surface area (Å²) in [5, 5.41) is 65.2. The van der Waals surface area contributed by atoms with E-state index in [1.54, 1.807) is 7.05 Å². The zero-order valence-electron chi connectivity index (χ0n) is 23.8. The van der Waals surface area contributed by atoms with Gasteiger partial charge in [0.2, 0.25) is 0 Å². The molecule has 17 N–H and O–H groups in total. The van der Waals surface area contributed by atoms with E-state index in [2.05, 4.69) is 5.32 Å². The molecule has 24 heteroatoms. The van der Waals surface area contributed by atoms with Crippen molar-refractivity contribution in [2.24, 2.45) is 17.2 Å². The quantitative estimate of drug-likeness (QED) is 0.115. The van der Waals surface area contributed by atoms with Crippen molar-refractivity contribution in [1.29, 1.82) is 0 Å². The van der Waals surface area contributed by atoms with E-state index in [1.165, 1.54) is 13.8 Å². The van der Waals surface area contributed by atoms with Crippen LogP contribution < -0.4 is 22.5 Å². The van der Waals surface area contributed by atoms with Gasteiger partial charge in [0.1, 0.15) is 48.3 Å². The maximum Gasteiger partial charge on any atom is 0.394 e. The minimum absolute atomic E-state index is 0.135. The van der Waals surface area contributed by atoms with Crippen LogP contribution in [0.3, 0.4) is 0 Å². The Labute approximate surface area is 253 Å². The van der Waals surface area contributed by atoms with Gasteiger partial charge < -0.3 is 72.1 Å². The molecule has 0 radical (unpaired) electrons. The van der Waals surface area contributed by atoms with E-state index < -0.39 is 112 Å². The standard InChI is InChI=1S/C20H40N4O10.2H2O4S/c1-6(25)14-11(27)10(26)9(23)18(32-14)33-15-7(21)4-8(22)16(12(15)28)34-19-13(29)17(24-3)20(2,30)5-31-19;2*1-5(2,3)4/h6-19,24-30H,4-5,21-23H2,1-3H3;2*(H2,1,2,3,4)/t6?,7?,8?,9?,10?,11?,12?,13?,14-,15?,16?,17?,18-,19-,20-;;/m0../s1. The number of ether oxygens (including phenoxy) is 4. The predicted octanol–water partition coefficient (Wildman–Crippen LogP) is -6.92. The Morgan fingerprint density at radius 3 is 1.68 bits per heavy atom. The Morgan fingerprint density at radius 1 is 0.841 bits per heavy atom. The van der Waals surface area contributed by atoms with E-state index >= 15 is 0 Å². The first-order valence-corrected chi connectivity index (χ1v) is 15.6. The summed E-state index contributed by atoms with van der Waals surface area (Å²) in [7, 11) is -7.76. The monoisotopic (exact) mass is 692 g/mol. The van der Waals surface area contributed by atoms with Gasteiger partial charge in [-0.05, 0) is 27.3 Å². The average Bonchev–Trinajstić information content (AvgIpc) is 2.83. The third-order valence-electron chi connectivity index (χ3n) is 6.95. The number of nitrogens with one attached hydrogen (secondary N) is 1. The van der Waals surface area contributed by atoms with Crippen LogP contribution in [-0.4, -0.2) is 171 Å². The van der Waals surface area contributed by atoms with Crippen molar-refractivity contribution in [3.63, 3.8) is 0 Å². The Morgan fingerprint density at radius 2 is 1.27 bits per heavy atom. The zero-order chi connectivity index (χ0) is 34.5. The fourth-order valence-corrected chi connectivity index (χ4v) is 4.95. The topological polar surface area (TPSA) is 398 Å². The van der Waals surface area contributed by atoms with E-state index in [1.807, 2.05) is 0 Å². The summed E-state index contributed by atoms with van der Waals surface area (Å²) in [6.45, 7) is 2.75. The van der Waals surface area contributed by atoms with Crippen LogP contribution in [0.5, 0.6) is 0 Å². The minimum Gasteiger partial charge on any atom is -0.391 e. The molecule has 3 fully saturated rings. The molecule has 3 rings (SSSR count). The molecule has 3 aliphatic rings. The van der Waals surface area contributed by atoms with Gasteiger partial charge in [0.05, 0.1) is 24.8 Å². The second-order valence-electron chi connectivity index (χ2n) is 10.7. The molecule has 2 heterocycles. The number of nitrogens with two attached hydrogens (primary N) is 3. The smallest absolute Gasteiger partial charge is 0.391 e. The van der Waals surface area contributed by atoms with Gasteiger partial charge in [-0.3, -0.25) is 18.2 Å². The van der Waals surface area contributed by atoms with Crippen LogP contribution in [-0.2, 0) is 39.7 Å². The molecule has 15 atom stereocenters. The first-order chi connectivity index (χ1) is 19.8. The van der Waals surface area contributed by atoms with Crippen LogP contribution in [0, 0.1) is 0 Å². The van der Waals surface area contributed by atoms with Crippen molar-refractivity contribution in [3.8, 4) is 0 Å². The van der Waals surface area contributed by atoms with Crippen molar-refractivity contribution in [2.45, 2.75) is 111 Å². The number of likely N-dealkylation sites (N-methyl/N-ethyl adjacent to an activating group) is 1. The molecular formula is C20H44N4O18S2. The molecule has 0 bridgehead atoms.